The molecule has 1 aromatic heterocycles. The largest absolute Gasteiger partial charge is 0.416 e. The van der Waals surface area contributed by atoms with E-state index in [-0.39, 0.29) is 21.5 Å². The van der Waals surface area contributed by atoms with E-state index in [2.05, 4.69) is 9.97 Å². The number of H-pyrrole nitrogens is 1. The summed E-state index contributed by atoms with van der Waals surface area (Å²) in [5.74, 6) is -0.100. The molecule has 0 atom stereocenters. The van der Waals surface area contributed by atoms with Crippen molar-refractivity contribution >= 4 is 17.4 Å². The highest BCUT2D eigenvalue weighted by Crippen LogP contribution is 2.39. The molecule has 0 aliphatic heterocycles. The van der Waals surface area contributed by atoms with Crippen LogP contribution < -0.4 is 5.56 Å². The van der Waals surface area contributed by atoms with Crippen molar-refractivity contribution in [3.05, 3.63) is 55.5 Å². The molecule has 1 aliphatic carbocycles. The summed E-state index contributed by atoms with van der Waals surface area (Å²) in [7, 11) is 0. The van der Waals surface area contributed by atoms with Crippen LogP contribution in [-0.4, -0.2) is 14.9 Å². The van der Waals surface area contributed by atoms with Gasteiger partial charge >= 0.3 is 6.18 Å². The number of nitriles is 1. The van der Waals surface area contributed by atoms with Crippen molar-refractivity contribution in [1.82, 2.24) is 9.97 Å². The van der Waals surface area contributed by atoms with Gasteiger partial charge in [-0.3, -0.25) is 14.9 Å². The average molecular weight is 424 g/mol. The summed E-state index contributed by atoms with van der Waals surface area (Å²) in [4.78, 5) is 29.1. The first kappa shape index (κ1) is 20.9. The lowest BCUT2D eigenvalue weighted by molar-refractivity contribution is -0.387. The fourth-order valence-electron chi connectivity index (χ4n) is 3.32. The Balaban J connectivity index is 2.06. The van der Waals surface area contributed by atoms with E-state index in [1.807, 2.05) is 6.07 Å². The summed E-state index contributed by atoms with van der Waals surface area (Å²) < 4.78 is 39.1. The molecule has 0 spiro atoms. The van der Waals surface area contributed by atoms with Crippen LogP contribution in [0.2, 0.25) is 0 Å². The molecule has 7 nitrogen and oxygen atoms in total. The second-order valence-corrected chi connectivity index (χ2v) is 7.65. The molecule has 11 heteroatoms. The Morgan fingerprint density at radius 2 is 1.97 bits per heavy atom. The van der Waals surface area contributed by atoms with Crippen molar-refractivity contribution in [3.8, 4) is 6.07 Å². The Labute approximate surface area is 167 Å². The highest BCUT2D eigenvalue weighted by Gasteiger charge is 2.33. The zero-order valence-electron chi connectivity index (χ0n) is 15.0. The molecule has 0 unspecified atom stereocenters. The summed E-state index contributed by atoms with van der Waals surface area (Å²) in [5.41, 5.74) is -2.11. The molecule has 0 radical (unpaired) electrons. The van der Waals surface area contributed by atoms with Gasteiger partial charge in [0, 0.05) is 12.0 Å². The molecule has 0 saturated heterocycles. The number of hydrogen-bond acceptors (Lipinski definition) is 6. The van der Waals surface area contributed by atoms with Gasteiger partial charge < -0.3 is 4.98 Å². The van der Waals surface area contributed by atoms with Crippen LogP contribution in [0.1, 0.15) is 54.8 Å². The number of benzene rings is 1. The monoisotopic (exact) mass is 424 g/mol. The van der Waals surface area contributed by atoms with Crippen molar-refractivity contribution in [1.29, 1.82) is 5.26 Å². The standard InChI is InChI=1S/C18H15F3N4O3S/c19-18(20,21)11-6-7-13(25(27)28)14(8-11)29-17-23-15(10-4-2-1-3-5-10)12(9-22)16(26)24-17/h6-8,10H,1-5H2,(H,23,24,26). The summed E-state index contributed by atoms with van der Waals surface area (Å²) in [6.07, 6.45) is -0.294. The number of aromatic nitrogens is 2. The van der Waals surface area contributed by atoms with Gasteiger partial charge in [-0.1, -0.05) is 19.3 Å². The first-order chi connectivity index (χ1) is 13.7. The topological polar surface area (TPSA) is 113 Å². The number of nitro benzene ring substituents is 1. The highest BCUT2D eigenvalue weighted by atomic mass is 32.2. The van der Waals surface area contributed by atoms with E-state index in [4.69, 9.17) is 0 Å². The first-order valence-electron chi connectivity index (χ1n) is 8.78. The smallest absolute Gasteiger partial charge is 0.300 e. The minimum atomic E-state index is -4.68. The molecule has 1 N–H and O–H groups in total. The fourth-order valence-corrected chi connectivity index (χ4v) is 4.25. The van der Waals surface area contributed by atoms with Gasteiger partial charge in [0.1, 0.15) is 11.6 Å². The van der Waals surface area contributed by atoms with Crippen LogP contribution in [0.3, 0.4) is 0 Å². The number of nitrogens with one attached hydrogen (secondary N) is 1. The molecule has 1 fully saturated rings. The lowest BCUT2D eigenvalue weighted by Gasteiger charge is -2.21. The maximum absolute atomic E-state index is 13.0. The summed E-state index contributed by atoms with van der Waals surface area (Å²) in [5, 5.41) is 20.5. The van der Waals surface area contributed by atoms with Crippen LogP contribution in [-0.2, 0) is 6.18 Å². The number of alkyl halides is 3. The first-order valence-corrected chi connectivity index (χ1v) is 9.60. The van der Waals surface area contributed by atoms with Crippen LogP contribution in [0.25, 0.3) is 0 Å². The normalized spacial score (nSPS) is 15.1. The van der Waals surface area contributed by atoms with E-state index >= 15 is 0 Å². The van der Waals surface area contributed by atoms with E-state index in [1.54, 1.807) is 0 Å². The predicted molar refractivity (Wildman–Crippen MR) is 97.6 cm³/mol. The summed E-state index contributed by atoms with van der Waals surface area (Å²) in [6.45, 7) is 0. The lowest BCUT2D eigenvalue weighted by Crippen LogP contribution is -2.20. The number of nitro groups is 1. The van der Waals surface area contributed by atoms with E-state index in [9.17, 15) is 33.3 Å². The van der Waals surface area contributed by atoms with Gasteiger partial charge in [0.05, 0.1) is 21.1 Å². The van der Waals surface area contributed by atoms with Gasteiger partial charge in [0.25, 0.3) is 11.2 Å². The lowest BCUT2D eigenvalue weighted by atomic mass is 9.85. The molecule has 152 valence electrons. The van der Waals surface area contributed by atoms with Crippen LogP contribution in [0, 0.1) is 21.4 Å². The van der Waals surface area contributed by atoms with E-state index in [1.165, 1.54) is 0 Å². The van der Waals surface area contributed by atoms with Gasteiger partial charge in [-0.15, -0.1) is 0 Å². The quantitative estimate of drug-likeness (QED) is 0.430. The predicted octanol–water partition coefficient (Wildman–Crippen LogP) is 4.77. The average Bonchev–Trinajstić information content (AvgIpc) is 2.67. The van der Waals surface area contributed by atoms with Gasteiger partial charge in [-0.25, -0.2) is 4.98 Å². The van der Waals surface area contributed by atoms with Crippen molar-refractivity contribution in [2.24, 2.45) is 0 Å². The van der Waals surface area contributed by atoms with Gasteiger partial charge in [-0.05, 0) is 36.7 Å². The molecule has 1 aromatic carbocycles. The second-order valence-electron chi connectivity index (χ2n) is 6.62. The molecular formula is C18H15F3N4O3S. The Morgan fingerprint density at radius 3 is 2.55 bits per heavy atom. The SMILES string of the molecule is N#Cc1c(C2CCCCC2)nc(Sc2cc(C(F)(F)F)ccc2[N+](=O)[O-])[nH]c1=O. The molecule has 3 rings (SSSR count). The Bertz CT molecular complexity index is 1040. The summed E-state index contributed by atoms with van der Waals surface area (Å²) in [6, 6.07) is 3.89. The Hall–Kier alpha value is -2.87. The van der Waals surface area contributed by atoms with Crippen LogP contribution >= 0.6 is 11.8 Å². The third-order valence-electron chi connectivity index (χ3n) is 4.72. The molecule has 1 heterocycles. The number of nitrogens with zero attached hydrogens (tertiary/aromatic N) is 3. The van der Waals surface area contributed by atoms with Gasteiger partial charge in [0.2, 0.25) is 0 Å². The number of halogens is 3. The Kier molecular flexibility index (Phi) is 5.93. The third kappa shape index (κ3) is 4.59. The molecule has 1 aliphatic rings. The number of rotatable bonds is 4. The minimum absolute atomic E-state index is 0.0861. The number of aromatic amines is 1. The third-order valence-corrected chi connectivity index (χ3v) is 5.65. The van der Waals surface area contributed by atoms with Crippen molar-refractivity contribution in [2.45, 2.75) is 54.3 Å². The molecule has 2 aromatic rings. The zero-order chi connectivity index (χ0) is 21.2. The molecule has 29 heavy (non-hydrogen) atoms. The van der Waals surface area contributed by atoms with E-state index in [0.717, 1.165) is 38.2 Å². The highest BCUT2D eigenvalue weighted by molar-refractivity contribution is 7.99. The maximum Gasteiger partial charge on any atom is 0.416 e. The second kappa shape index (κ2) is 8.24. The minimum Gasteiger partial charge on any atom is -0.300 e. The molecule has 0 bridgehead atoms. The maximum atomic E-state index is 13.0. The van der Waals surface area contributed by atoms with E-state index in [0.29, 0.717) is 29.6 Å². The van der Waals surface area contributed by atoms with E-state index < -0.39 is 27.9 Å². The van der Waals surface area contributed by atoms with Gasteiger partial charge in [0.15, 0.2) is 5.16 Å². The summed E-state index contributed by atoms with van der Waals surface area (Å²) >= 11 is 0.567. The zero-order valence-corrected chi connectivity index (χ0v) is 15.8. The van der Waals surface area contributed by atoms with Crippen molar-refractivity contribution in [3.63, 3.8) is 0 Å². The van der Waals surface area contributed by atoms with Crippen molar-refractivity contribution < 1.29 is 18.1 Å². The van der Waals surface area contributed by atoms with Gasteiger partial charge in [-0.2, -0.15) is 18.4 Å². The number of hydrogen-bond donors (Lipinski definition) is 1. The molecular weight excluding hydrogens is 409 g/mol. The molecule has 1 saturated carbocycles. The van der Waals surface area contributed by atoms with Crippen LogP contribution in [0.15, 0.2) is 33.0 Å². The van der Waals surface area contributed by atoms with Crippen LogP contribution in [0.5, 0.6) is 0 Å². The van der Waals surface area contributed by atoms with Crippen molar-refractivity contribution in [2.75, 3.05) is 0 Å². The molecule has 0 amide bonds. The van der Waals surface area contributed by atoms with Crippen LogP contribution in [0.4, 0.5) is 18.9 Å². The fraction of sp³-hybridized carbons (Fsp3) is 0.389. The Morgan fingerprint density at radius 1 is 1.28 bits per heavy atom.